The molecule has 2 aromatic carbocycles. The van der Waals surface area contributed by atoms with Gasteiger partial charge in [0.2, 0.25) is 0 Å². The summed E-state index contributed by atoms with van der Waals surface area (Å²) < 4.78 is 2.25. The highest BCUT2D eigenvalue weighted by Crippen LogP contribution is 2.24. The van der Waals surface area contributed by atoms with E-state index in [9.17, 15) is 4.79 Å². The number of rotatable bonds is 6. The Kier molecular flexibility index (Phi) is 5.14. The molecule has 25 heavy (non-hydrogen) atoms. The number of aromatic nitrogens is 1. The van der Waals surface area contributed by atoms with Crippen LogP contribution in [0.2, 0.25) is 0 Å². The van der Waals surface area contributed by atoms with Gasteiger partial charge in [-0.15, -0.1) is 0 Å². The van der Waals surface area contributed by atoms with Gasteiger partial charge in [-0.2, -0.15) is 5.10 Å². The Morgan fingerprint density at radius 2 is 1.84 bits per heavy atom. The maximum absolute atomic E-state index is 11.9. The number of hydrazone groups is 1. The van der Waals surface area contributed by atoms with E-state index in [0.29, 0.717) is 0 Å². The summed E-state index contributed by atoms with van der Waals surface area (Å²) >= 11 is 0. The van der Waals surface area contributed by atoms with Gasteiger partial charge in [0.05, 0.1) is 12.8 Å². The molecule has 3 aromatic rings. The fraction of sp³-hybridized carbons (Fsp3) is 0.200. The number of para-hydroxylation sites is 2. The van der Waals surface area contributed by atoms with Gasteiger partial charge < -0.3 is 9.88 Å². The van der Waals surface area contributed by atoms with Crippen molar-refractivity contribution in [2.75, 3.05) is 11.9 Å². The summed E-state index contributed by atoms with van der Waals surface area (Å²) in [5, 5.41) is 8.33. The first kappa shape index (κ1) is 16.8. The maximum Gasteiger partial charge on any atom is 0.259 e. The minimum atomic E-state index is -0.183. The summed E-state index contributed by atoms with van der Waals surface area (Å²) in [6.45, 7) is 5.27. The Hall–Kier alpha value is -3.08. The molecule has 0 aliphatic carbocycles. The normalized spacial score (nSPS) is 11.1. The molecule has 0 saturated carbocycles. The number of carbonyl (C=O) groups excluding carboxylic acids is 1. The van der Waals surface area contributed by atoms with Crippen LogP contribution in [0.3, 0.4) is 0 Å². The van der Waals surface area contributed by atoms with Crippen molar-refractivity contribution in [1.82, 2.24) is 9.99 Å². The summed E-state index contributed by atoms with van der Waals surface area (Å²) in [5.41, 5.74) is 6.85. The topological polar surface area (TPSA) is 58.4 Å². The minimum absolute atomic E-state index is 0.178. The molecular formula is C20H22N4O. The summed E-state index contributed by atoms with van der Waals surface area (Å²) in [6, 6.07) is 17.8. The van der Waals surface area contributed by atoms with E-state index in [4.69, 9.17) is 0 Å². The standard InChI is InChI=1S/C20H22N4O/c1-3-24-15(2)18(17-11-7-8-12-19(17)24)13-22-23-20(25)14-21-16-9-5-4-6-10-16/h4-13,21H,3,14H2,1-2H3,(H,23,25)/b22-13-. The molecule has 1 amide bonds. The van der Waals surface area contributed by atoms with Crippen LogP contribution < -0.4 is 10.7 Å². The van der Waals surface area contributed by atoms with Crippen molar-refractivity contribution in [3.63, 3.8) is 0 Å². The Labute approximate surface area is 147 Å². The maximum atomic E-state index is 11.9. The zero-order valence-electron chi connectivity index (χ0n) is 14.5. The number of carbonyl (C=O) groups is 1. The lowest BCUT2D eigenvalue weighted by Crippen LogP contribution is -2.25. The fourth-order valence-electron chi connectivity index (χ4n) is 2.97. The highest BCUT2D eigenvalue weighted by Gasteiger charge is 2.10. The number of hydrogen-bond acceptors (Lipinski definition) is 3. The molecule has 128 valence electrons. The van der Waals surface area contributed by atoms with E-state index in [-0.39, 0.29) is 12.5 Å². The molecule has 0 aliphatic heterocycles. The molecule has 2 N–H and O–H groups in total. The Morgan fingerprint density at radius 3 is 2.60 bits per heavy atom. The molecule has 5 nitrogen and oxygen atoms in total. The van der Waals surface area contributed by atoms with Crippen molar-refractivity contribution < 1.29 is 4.79 Å². The van der Waals surface area contributed by atoms with E-state index in [1.54, 1.807) is 6.21 Å². The number of nitrogens with one attached hydrogen (secondary N) is 2. The second-order valence-corrected chi connectivity index (χ2v) is 5.77. The molecule has 1 aromatic heterocycles. The summed E-state index contributed by atoms with van der Waals surface area (Å²) in [4.78, 5) is 11.9. The first-order chi connectivity index (χ1) is 12.2. The molecule has 0 unspecified atom stereocenters. The zero-order chi connectivity index (χ0) is 17.6. The number of nitrogens with zero attached hydrogens (tertiary/aromatic N) is 2. The average molecular weight is 334 g/mol. The smallest absolute Gasteiger partial charge is 0.259 e. The average Bonchev–Trinajstić information content (AvgIpc) is 2.92. The summed E-state index contributed by atoms with van der Waals surface area (Å²) in [5.74, 6) is -0.183. The molecule has 0 bridgehead atoms. The van der Waals surface area contributed by atoms with Gasteiger partial charge in [-0.25, -0.2) is 5.43 Å². The highest BCUT2D eigenvalue weighted by atomic mass is 16.2. The monoisotopic (exact) mass is 334 g/mol. The zero-order valence-corrected chi connectivity index (χ0v) is 14.5. The third-order valence-corrected chi connectivity index (χ3v) is 4.21. The van der Waals surface area contributed by atoms with E-state index in [1.165, 1.54) is 5.52 Å². The lowest BCUT2D eigenvalue weighted by atomic mass is 10.1. The number of aryl methyl sites for hydroxylation is 1. The van der Waals surface area contributed by atoms with Gasteiger partial charge in [0, 0.05) is 34.4 Å². The summed E-state index contributed by atoms with van der Waals surface area (Å²) in [7, 11) is 0. The molecular weight excluding hydrogens is 312 g/mol. The van der Waals surface area contributed by atoms with Gasteiger partial charge in [-0.05, 0) is 32.0 Å². The minimum Gasteiger partial charge on any atom is -0.376 e. The molecule has 3 rings (SSSR count). The van der Waals surface area contributed by atoms with Crippen LogP contribution >= 0.6 is 0 Å². The highest BCUT2D eigenvalue weighted by molar-refractivity contribution is 6.01. The van der Waals surface area contributed by atoms with E-state index in [0.717, 1.165) is 28.9 Å². The van der Waals surface area contributed by atoms with Crippen LogP contribution in [-0.4, -0.2) is 23.2 Å². The molecule has 0 fully saturated rings. The lowest BCUT2D eigenvalue weighted by Gasteiger charge is -2.04. The van der Waals surface area contributed by atoms with Gasteiger partial charge in [0.1, 0.15) is 0 Å². The third-order valence-electron chi connectivity index (χ3n) is 4.21. The molecule has 0 saturated heterocycles. The van der Waals surface area contributed by atoms with Crippen LogP contribution in [0.1, 0.15) is 18.2 Å². The van der Waals surface area contributed by atoms with Crippen molar-refractivity contribution in [3.8, 4) is 0 Å². The second kappa shape index (κ2) is 7.66. The number of hydrogen-bond donors (Lipinski definition) is 2. The molecule has 5 heteroatoms. The number of amides is 1. The van der Waals surface area contributed by atoms with E-state index < -0.39 is 0 Å². The lowest BCUT2D eigenvalue weighted by molar-refractivity contribution is -0.119. The molecule has 0 spiro atoms. The SMILES string of the molecule is CCn1c(C)c(/C=N\NC(=O)CNc2ccccc2)c2ccccc21. The predicted molar refractivity (Wildman–Crippen MR) is 103 cm³/mol. The van der Waals surface area contributed by atoms with Crippen molar-refractivity contribution in [1.29, 1.82) is 0 Å². The van der Waals surface area contributed by atoms with Crippen LogP contribution in [0.5, 0.6) is 0 Å². The fourth-order valence-corrected chi connectivity index (χ4v) is 2.97. The van der Waals surface area contributed by atoms with Crippen LogP contribution in [0, 0.1) is 6.92 Å². The van der Waals surface area contributed by atoms with Gasteiger partial charge in [0.25, 0.3) is 5.91 Å². The van der Waals surface area contributed by atoms with E-state index >= 15 is 0 Å². The van der Waals surface area contributed by atoms with Crippen molar-refractivity contribution in [2.24, 2.45) is 5.10 Å². The first-order valence-corrected chi connectivity index (χ1v) is 8.39. The van der Waals surface area contributed by atoms with Crippen molar-refractivity contribution in [2.45, 2.75) is 20.4 Å². The van der Waals surface area contributed by atoms with Crippen molar-refractivity contribution >= 4 is 28.7 Å². The third kappa shape index (κ3) is 3.71. The Morgan fingerprint density at radius 1 is 1.12 bits per heavy atom. The van der Waals surface area contributed by atoms with Crippen LogP contribution in [0.15, 0.2) is 59.7 Å². The van der Waals surface area contributed by atoms with Crippen LogP contribution in [0.25, 0.3) is 10.9 Å². The summed E-state index contributed by atoms with van der Waals surface area (Å²) in [6.07, 6.45) is 1.73. The number of anilines is 1. The van der Waals surface area contributed by atoms with Crippen molar-refractivity contribution in [3.05, 3.63) is 65.9 Å². The quantitative estimate of drug-likeness (QED) is 0.535. The van der Waals surface area contributed by atoms with Gasteiger partial charge in [0.15, 0.2) is 0 Å². The van der Waals surface area contributed by atoms with Gasteiger partial charge in [-0.1, -0.05) is 36.4 Å². The first-order valence-electron chi connectivity index (χ1n) is 8.39. The molecule has 1 heterocycles. The predicted octanol–water partition coefficient (Wildman–Crippen LogP) is 3.53. The molecule has 0 atom stereocenters. The second-order valence-electron chi connectivity index (χ2n) is 5.77. The van der Waals surface area contributed by atoms with Crippen LogP contribution in [-0.2, 0) is 11.3 Å². The number of fused-ring (bicyclic) bond motifs is 1. The molecule has 0 radical (unpaired) electrons. The Balaban J connectivity index is 1.67. The van der Waals surface area contributed by atoms with Gasteiger partial charge >= 0.3 is 0 Å². The largest absolute Gasteiger partial charge is 0.376 e. The Bertz CT molecular complexity index is 897. The molecule has 0 aliphatic rings. The van der Waals surface area contributed by atoms with Gasteiger partial charge in [-0.3, -0.25) is 4.79 Å². The number of benzene rings is 2. The van der Waals surface area contributed by atoms with E-state index in [1.807, 2.05) is 42.5 Å². The van der Waals surface area contributed by atoms with Crippen LogP contribution in [0.4, 0.5) is 5.69 Å². The van der Waals surface area contributed by atoms with E-state index in [2.05, 4.69) is 46.4 Å².